The van der Waals surface area contributed by atoms with Crippen LogP contribution in [0.2, 0.25) is 0 Å². The van der Waals surface area contributed by atoms with Crippen LogP contribution in [-0.4, -0.2) is 6.54 Å². The van der Waals surface area contributed by atoms with Crippen LogP contribution in [0, 0.1) is 0 Å². The van der Waals surface area contributed by atoms with Crippen LogP contribution >= 0.6 is 95.9 Å². The molecule has 0 unspecified atom stereocenters. The van der Waals surface area contributed by atoms with Gasteiger partial charge < -0.3 is 5.73 Å². The van der Waals surface area contributed by atoms with E-state index in [0.29, 0.717) is 0 Å². The lowest BCUT2D eigenvalue weighted by Crippen LogP contribution is -1.95. The highest BCUT2D eigenvalue weighted by atomic mass is 127. The van der Waals surface area contributed by atoms with Gasteiger partial charge in [-0.25, -0.2) is 0 Å². The van der Waals surface area contributed by atoms with Crippen LogP contribution < -0.4 is 5.73 Å². The fourth-order valence-corrected chi connectivity index (χ4v) is 0.204. The molecule has 9 heavy (non-hydrogen) atoms. The number of hydrogen-bond acceptors (Lipinski definition) is 1. The summed E-state index contributed by atoms with van der Waals surface area (Å²) in [5.74, 6) is 0. The maximum Gasteiger partial charge on any atom is -0.00774 e. The zero-order valence-corrected chi connectivity index (χ0v) is 14.7. The summed E-state index contributed by atoms with van der Waals surface area (Å²) in [5.41, 5.74) is 5.14. The Bertz CT molecular complexity index is 20.0. The van der Waals surface area contributed by atoms with Crippen LogP contribution in [0.4, 0.5) is 0 Å². The van der Waals surface area contributed by atoms with E-state index in [4.69, 9.17) is 5.73 Å². The molecule has 0 aromatic heterocycles. The largest absolute Gasteiger partial charge is 0.330 e. The van der Waals surface area contributed by atoms with Crippen LogP contribution in [0.1, 0.15) is 19.8 Å². The third-order valence-electron chi connectivity index (χ3n) is 0.558. The second kappa shape index (κ2) is 30.7. The minimum Gasteiger partial charge on any atom is -0.330 e. The Kier molecular flexibility index (Phi) is 101. The Morgan fingerprint density at radius 1 is 1.00 bits per heavy atom. The first-order chi connectivity index (χ1) is 2.41. The van der Waals surface area contributed by atoms with Crippen molar-refractivity contribution < 1.29 is 0 Å². The van der Waals surface area contributed by atoms with Gasteiger partial charge >= 0.3 is 0 Å². The topological polar surface area (TPSA) is 26.0 Å². The van der Waals surface area contributed by atoms with Gasteiger partial charge in [-0.2, -0.15) is 0 Å². The Hall–Kier alpha value is 2.88. The van der Waals surface area contributed by atoms with Gasteiger partial charge in [-0.05, 0) is 13.0 Å². The highest BCUT2D eigenvalue weighted by molar-refractivity contribution is 14.0. The molecule has 1 nitrogen and oxygen atoms in total. The van der Waals surface area contributed by atoms with Gasteiger partial charge in [0, 0.05) is 0 Å². The molecule has 2 N–H and O–H groups in total. The summed E-state index contributed by atoms with van der Waals surface area (Å²) in [6.45, 7) is 2.98. The molecule has 0 aromatic carbocycles. The normalized spacial score (nSPS) is 4.67. The summed E-state index contributed by atoms with van der Waals surface area (Å²) in [5, 5.41) is 0. The molecule has 0 saturated carbocycles. The van der Waals surface area contributed by atoms with Gasteiger partial charge in [0.2, 0.25) is 0 Å². The predicted octanol–water partition coefficient (Wildman–Crippen LogP) is 3.22. The van der Waals surface area contributed by atoms with Crippen molar-refractivity contribution in [2.75, 3.05) is 6.54 Å². The lowest BCUT2D eigenvalue weighted by atomic mass is 10.3. The van der Waals surface area contributed by atoms with Crippen LogP contribution in [0.5, 0.6) is 0 Å². The van der Waals surface area contributed by atoms with Crippen molar-refractivity contribution in [3.8, 4) is 0 Å². The van der Waals surface area contributed by atoms with Gasteiger partial charge in [0.05, 0.1) is 0 Å². The number of unbranched alkanes of at least 4 members (excludes halogenated alkanes) is 1. The highest BCUT2D eigenvalue weighted by Crippen LogP contribution is 1.77. The van der Waals surface area contributed by atoms with Crippen LogP contribution in [0.3, 0.4) is 0 Å². The quantitative estimate of drug-likeness (QED) is 0.496. The van der Waals surface area contributed by atoms with Gasteiger partial charge in [-0.15, -0.1) is 95.9 Å². The molecule has 0 aliphatic heterocycles. The van der Waals surface area contributed by atoms with Crippen LogP contribution in [0.25, 0.3) is 0 Å². The summed E-state index contributed by atoms with van der Waals surface area (Å²) in [4.78, 5) is 0. The minimum absolute atomic E-state index is 0. The molecule has 5 heteroatoms. The second-order valence-electron chi connectivity index (χ2n) is 1.14. The second-order valence-corrected chi connectivity index (χ2v) is 1.14. The Morgan fingerprint density at radius 3 is 1.33 bits per heavy atom. The van der Waals surface area contributed by atoms with Gasteiger partial charge in [0.15, 0.2) is 0 Å². The molecule has 0 rings (SSSR count). The monoisotopic (exact) mass is 585 g/mol. The molecule has 0 aliphatic rings. The first-order valence-corrected chi connectivity index (χ1v) is 2.12. The number of rotatable bonds is 2. The molecule has 0 aliphatic carbocycles. The van der Waals surface area contributed by atoms with Crippen molar-refractivity contribution >= 4 is 95.9 Å². The van der Waals surface area contributed by atoms with Crippen molar-refractivity contribution in [1.29, 1.82) is 0 Å². The van der Waals surface area contributed by atoms with E-state index >= 15 is 0 Å². The van der Waals surface area contributed by atoms with Crippen molar-refractivity contribution in [3.05, 3.63) is 0 Å². The van der Waals surface area contributed by atoms with E-state index in [2.05, 4.69) is 6.92 Å². The van der Waals surface area contributed by atoms with Crippen molar-refractivity contribution in [1.82, 2.24) is 0 Å². The molecule has 0 heterocycles. The van der Waals surface area contributed by atoms with E-state index in [1.165, 1.54) is 12.8 Å². The zero-order valence-electron chi connectivity index (χ0n) is 5.33. The summed E-state index contributed by atoms with van der Waals surface area (Å²) < 4.78 is 0. The summed E-state index contributed by atoms with van der Waals surface area (Å²) >= 11 is 0. The van der Waals surface area contributed by atoms with E-state index in [-0.39, 0.29) is 95.9 Å². The van der Waals surface area contributed by atoms with E-state index in [1.54, 1.807) is 0 Å². The zero-order chi connectivity index (χ0) is 4.12. The number of nitrogens with two attached hydrogens (primary N) is 1. The standard InChI is InChI=1S/C4H11N.4HI/c1-2-3-4-5;;;;/h2-5H2,1H3;4*1H. The molecule has 0 aromatic rings. The molecule has 0 spiro atoms. The first kappa shape index (κ1) is 29.7. The molecule has 0 saturated heterocycles. The van der Waals surface area contributed by atoms with E-state index in [9.17, 15) is 0 Å². The molecular weight excluding hydrogens is 570 g/mol. The molecule has 0 amide bonds. The Morgan fingerprint density at radius 2 is 1.33 bits per heavy atom. The molecule has 0 fully saturated rings. The van der Waals surface area contributed by atoms with E-state index < -0.39 is 0 Å². The maximum absolute atomic E-state index is 5.14. The molecule has 64 valence electrons. The van der Waals surface area contributed by atoms with E-state index in [1.807, 2.05) is 0 Å². The SMILES string of the molecule is CCCCN.I.I.I.I. The van der Waals surface area contributed by atoms with Crippen LogP contribution in [-0.2, 0) is 0 Å². The fraction of sp³-hybridized carbons (Fsp3) is 1.00. The van der Waals surface area contributed by atoms with Gasteiger partial charge in [0.1, 0.15) is 0 Å². The lowest BCUT2D eigenvalue weighted by molar-refractivity contribution is 0.807. The number of halogens is 4. The van der Waals surface area contributed by atoms with Crippen LogP contribution in [0.15, 0.2) is 0 Å². The van der Waals surface area contributed by atoms with E-state index in [0.717, 1.165) is 6.54 Å². The average molecular weight is 585 g/mol. The molecular formula is C4H15I4N. The van der Waals surface area contributed by atoms with Gasteiger partial charge in [-0.1, -0.05) is 13.3 Å². The summed E-state index contributed by atoms with van der Waals surface area (Å²) in [7, 11) is 0. The first-order valence-electron chi connectivity index (χ1n) is 2.12. The van der Waals surface area contributed by atoms with Crippen molar-refractivity contribution in [2.45, 2.75) is 19.8 Å². The smallest absolute Gasteiger partial charge is 0.00774 e. The predicted molar refractivity (Wildman–Crippen MR) is 85.6 cm³/mol. The Balaban J connectivity index is -0.0000000133. The van der Waals surface area contributed by atoms with Crippen molar-refractivity contribution in [2.24, 2.45) is 5.73 Å². The average Bonchev–Trinajstić information content (AvgIpc) is 1.41. The highest BCUT2D eigenvalue weighted by Gasteiger charge is 1.67. The molecule has 0 radical (unpaired) electrons. The summed E-state index contributed by atoms with van der Waals surface area (Å²) in [6.07, 6.45) is 2.39. The summed E-state index contributed by atoms with van der Waals surface area (Å²) in [6, 6.07) is 0. The maximum atomic E-state index is 5.14. The molecule has 0 bridgehead atoms. The molecule has 0 atom stereocenters. The van der Waals surface area contributed by atoms with Crippen molar-refractivity contribution in [3.63, 3.8) is 0 Å². The van der Waals surface area contributed by atoms with Gasteiger partial charge in [-0.3, -0.25) is 0 Å². The van der Waals surface area contributed by atoms with Gasteiger partial charge in [0.25, 0.3) is 0 Å². The minimum atomic E-state index is 0. The lowest BCUT2D eigenvalue weighted by Gasteiger charge is -1.80. The fourth-order valence-electron chi connectivity index (χ4n) is 0.204. The number of hydrogen-bond donors (Lipinski definition) is 1. The third kappa shape index (κ3) is 36.0. The third-order valence-corrected chi connectivity index (χ3v) is 0.558. The Labute approximate surface area is 126 Å².